The number of hydrogen-bond acceptors (Lipinski definition) is 8. The van der Waals surface area contributed by atoms with Crippen molar-refractivity contribution < 1.29 is 29.4 Å². The number of guanidine groups is 1. The second-order valence-corrected chi connectivity index (χ2v) is 9.77. The highest BCUT2D eigenvalue weighted by atomic mass is 16.4. The summed E-state index contributed by atoms with van der Waals surface area (Å²) in [4.78, 5) is 62.3. The second-order valence-electron chi connectivity index (χ2n) is 9.77. The molecule has 2 heterocycles. The van der Waals surface area contributed by atoms with E-state index in [-0.39, 0.29) is 43.4 Å². The number of rotatable bonds is 15. The first-order valence-electron chi connectivity index (χ1n) is 13.3. The van der Waals surface area contributed by atoms with E-state index < -0.39 is 42.0 Å². The molecule has 1 aliphatic heterocycles. The fraction of sp³-hybridized carbons (Fsp3) is 0.462. The molecule has 1 aromatic carbocycles. The van der Waals surface area contributed by atoms with E-state index in [2.05, 4.69) is 36.2 Å². The summed E-state index contributed by atoms with van der Waals surface area (Å²) >= 11 is 0. The number of aromatic amines is 1. The summed E-state index contributed by atoms with van der Waals surface area (Å²) in [6.07, 6.45) is 4.87. The molecular formula is C26H37N9O6. The molecule has 222 valence electrons. The van der Waals surface area contributed by atoms with Crippen LogP contribution in [0.2, 0.25) is 0 Å². The van der Waals surface area contributed by atoms with Crippen LogP contribution in [0.25, 0.3) is 0 Å². The molecule has 0 spiro atoms. The van der Waals surface area contributed by atoms with Crippen LogP contribution in [0.3, 0.4) is 0 Å². The Morgan fingerprint density at radius 3 is 2.34 bits per heavy atom. The van der Waals surface area contributed by atoms with Crippen molar-refractivity contribution in [1.82, 2.24) is 31.2 Å². The minimum absolute atomic E-state index is 0.0119. The number of aliphatic carboxylic acids is 1. The van der Waals surface area contributed by atoms with Crippen molar-refractivity contribution in [3.8, 4) is 5.75 Å². The third-order valence-electron chi connectivity index (χ3n) is 6.56. The normalized spacial score (nSPS) is 16.6. The van der Waals surface area contributed by atoms with Crippen molar-refractivity contribution in [3.05, 3.63) is 48.0 Å². The molecule has 41 heavy (non-hydrogen) atoms. The number of phenolic OH excluding ortho intramolecular Hbond substituents is 1. The topological polar surface area (TPSA) is 250 Å². The molecule has 15 heteroatoms. The number of aliphatic imine (C=N–C) groups is 1. The van der Waals surface area contributed by atoms with E-state index in [0.29, 0.717) is 30.6 Å². The Hall–Kier alpha value is -4.66. The van der Waals surface area contributed by atoms with Gasteiger partial charge in [-0.05, 0) is 49.9 Å². The molecule has 0 saturated carbocycles. The van der Waals surface area contributed by atoms with E-state index in [0.717, 1.165) is 6.42 Å². The quantitative estimate of drug-likeness (QED) is 0.0662. The van der Waals surface area contributed by atoms with Gasteiger partial charge in [-0.1, -0.05) is 12.1 Å². The van der Waals surface area contributed by atoms with Crippen molar-refractivity contribution in [3.63, 3.8) is 0 Å². The largest absolute Gasteiger partial charge is 0.508 e. The minimum Gasteiger partial charge on any atom is -0.508 e. The summed E-state index contributed by atoms with van der Waals surface area (Å²) in [5.74, 6) is -3.03. The maximum absolute atomic E-state index is 13.4. The zero-order chi connectivity index (χ0) is 29.8. The number of aromatic hydroxyl groups is 1. The first-order valence-corrected chi connectivity index (χ1v) is 13.3. The Balaban J connectivity index is 1.74. The molecule has 1 aliphatic rings. The van der Waals surface area contributed by atoms with E-state index in [1.54, 1.807) is 12.1 Å². The van der Waals surface area contributed by atoms with E-state index in [9.17, 15) is 29.4 Å². The predicted molar refractivity (Wildman–Crippen MR) is 148 cm³/mol. The molecule has 3 amide bonds. The average molecular weight is 572 g/mol. The first-order chi connectivity index (χ1) is 19.6. The molecule has 1 aromatic heterocycles. The van der Waals surface area contributed by atoms with Crippen LogP contribution >= 0.6 is 0 Å². The molecular weight excluding hydrogens is 534 g/mol. The van der Waals surface area contributed by atoms with E-state index in [4.69, 9.17) is 11.5 Å². The lowest BCUT2D eigenvalue weighted by Gasteiger charge is -2.25. The van der Waals surface area contributed by atoms with Gasteiger partial charge in [0, 0.05) is 31.3 Å². The highest BCUT2D eigenvalue weighted by molar-refractivity contribution is 5.94. The summed E-state index contributed by atoms with van der Waals surface area (Å²) < 4.78 is 0. The summed E-state index contributed by atoms with van der Waals surface area (Å²) in [6.45, 7) is 0.931. The number of phenols is 1. The van der Waals surface area contributed by atoms with Crippen molar-refractivity contribution >= 4 is 29.7 Å². The number of aromatic nitrogens is 2. The zero-order valence-corrected chi connectivity index (χ0v) is 22.5. The molecule has 1 fully saturated rings. The van der Waals surface area contributed by atoms with E-state index in [1.807, 2.05) is 0 Å². The summed E-state index contributed by atoms with van der Waals surface area (Å²) in [6, 6.07) is 2.02. The zero-order valence-electron chi connectivity index (χ0n) is 22.5. The second kappa shape index (κ2) is 15.2. The Morgan fingerprint density at radius 1 is 1.02 bits per heavy atom. The summed E-state index contributed by atoms with van der Waals surface area (Å²) in [5.41, 5.74) is 11.9. The van der Waals surface area contributed by atoms with Gasteiger partial charge in [0.2, 0.25) is 17.7 Å². The number of carboxylic acids is 1. The molecule has 0 bridgehead atoms. The van der Waals surface area contributed by atoms with Crippen LogP contribution in [0.15, 0.2) is 41.8 Å². The number of nitrogens with one attached hydrogen (secondary N) is 5. The van der Waals surface area contributed by atoms with E-state index in [1.165, 1.54) is 24.7 Å². The van der Waals surface area contributed by atoms with Crippen LogP contribution in [0.5, 0.6) is 5.75 Å². The summed E-state index contributed by atoms with van der Waals surface area (Å²) in [5, 5.41) is 30.3. The molecule has 0 aliphatic carbocycles. The number of benzene rings is 1. The predicted octanol–water partition coefficient (Wildman–Crippen LogP) is -1.75. The average Bonchev–Trinajstić information content (AvgIpc) is 3.65. The van der Waals surface area contributed by atoms with Crippen LogP contribution in [0.4, 0.5) is 0 Å². The lowest BCUT2D eigenvalue weighted by Crippen LogP contribution is -2.57. The lowest BCUT2D eigenvalue weighted by atomic mass is 10.0. The number of carbonyl (C=O) groups excluding carboxylic acids is 3. The molecule has 1 saturated heterocycles. The first kappa shape index (κ1) is 30.9. The standard InChI is InChI=1S/C26H37N9O6/c27-26(28)31-10-2-4-19(33-22(37)18-3-1-9-30-18)23(38)34-20(12-16-13-29-14-32-16)24(39)35-21(25(40)41)11-15-5-7-17(36)8-6-15/h5-8,13-14,18-21,30,36H,1-4,9-12H2,(H,29,32)(H,33,37)(H,34,38)(H,35,39)(H,40,41)(H4,27,28,31). The van der Waals surface area contributed by atoms with Crippen molar-refractivity contribution in [2.75, 3.05) is 13.1 Å². The molecule has 11 N–H and O–H groups in total. The molecule has 4 unspecified atom stereocenters. The SMILES string of the molecule is NC(N)=NCCCC(NC(=O)C1CCCN1)C(=O)NC(Cc1cnc[nH]1)C(=O)NC(Cc1ccc(O)cc1)C(=O)O. The number of amides is 3. The molecule has 15 nitrogen and oxygen atoms in total. The Bertz CT molecular complexity index is 1190. The Morgan fingerprint density at radius 2 is 1.73 bits per heavy atom. The van der Waals surface area contributed by atoms with Crippen molar-refractivity contribution in [2.24, 2.45) is 16.5 Å². The highest BCUT2D eigenvalue weighted by Crippen LogP contribution is 2.12. The lowest BCUT2D eigenvalue weighted by molar-refractivity contribution is -0.142. The fourth-order valence-electron chi connectivity index (χ4n) is 4.39. The molecule has 0 radical (unpaired) electrons. The van der Waals surface area contributed by atoms with Gasteiger partial charge in [-0.3, -0.25) is 19.4 Å². The smallest absolute Gasteiger partial charge is 0.326 e. The van der Waals surface area contributed by atoms with Crippen molar-refractivity contribution in [2.45, 2.75) is 62.7 Å². The van der Waals surface area contributed by atoms with Crippen molar-refractivity contribution in [1.29, 1.82) is 0 Å². The Kier molecular flexibility index (Phi) is 11.5. The minimum atomic E-state index is -1.31. The van der Waals surface area contributed by atoms with Gasteiger partial charge in [-0.15, -0.1) is 0 Å². The maximum Gasteiger partial charge on any atom is 0.326 e. The van der Waals surface area contributed by atoms with Crippen LogP contribution in [-0.2, 0) is 32.0 Å². The number of imidazole rings is 1. The summed E-state index contributed by atoms with van der Waals surface area (Å²) in [7, 11) is 0. The number of carbonyl (C=O) groups is 4. The van der Waals surface area contributed by atoms with Crippen LogP contribution < -0.4 is 32.7 Å². The van der Waals surface area contributed by atoms with Gasteiger partial charge in [0.25, 0.3) is 0 Å². The van der Waals surface area contributed by atoms with Gasteiger partial charge in [-0.2, -0.15) is 0 Å². The van der Waals surface area contributed by atoms with Crippen LogP contribution in [0.1, 0.15) is 36.9 Å². The van der Waals surface area contributed by atoms with Gasteiger partial charge < -0.3 is 47.9 Å². The maximum atomic E-state index is 13.4. The molecule has 3 rings (SSSR count). The van der Waals surface area contributed by atoms with Gasteiger partial charge >= 0.3 is 5.97 Å². The number of carboxylic acid groups (broad SMARTS) is 1. The monoisotopic (exact) mass is 571 g/mol. The van der Waals surface area contributed by atoms with Gasteiger partial charge in [-0.25, -0.2) is 9.78 Å². The fourth-order valence-corrected chi connectivity index (χ4v) is 4.39. The number of nitrogens with zero attached hydrogens (tertiary/aromatic N) is 2. The number of hydrogen-bond donors (Lipinski definition) is 9. The van der Waals surface area contributed by atoms with E-state index >= 15 is 0 Å². The highest BCUT2D eigenvalue weighted by Gasteiger charge is 2.31. The van der Waals surface area contributed by atoms with Gasteiger partial charge in [0.1, 0.15) is 23.9 Å². The van der Waals surface area contributed by atoms with Gasteiger partial charge in [0.15, 0.2) is 5.96 Å². The molecule has 4 atom stereocenters. The third kappa shape index (κ3) is 10.1. The van der Waals surface area contributed by atoms with Crippen LogP contribution in [0, 0.1) is 0 Å². The van der Waals surface area contributed by atoms with Gasteiger partial charge in [0.05, 0.1) is 12.4 Å². The molecule has 2 aromatic rings. The third-order valence-corrected chi connectivity index (χ3v) is 6.56. The van der Waals surface area contributed by atoms with Crippen LogP contribution in [-0.4, -0.2) is 87.1 Å². The number of nitrogens with two attached hydrogens (primary N) is 2. The Labute approximate surface area is 236 Å². The number of H-pyrrole nitrogens is 1.